The topological polar surface area (TPSA) is 71.9 Å². The minimum atomic E-state index is -1.06. The van der Waals surface area contributed by atoms with Crippen molar-refractivity contribution < 1.29 is 9.18 Å². The summed E-state index contributed by atoms with van der Waals surface area (Å²) in [5.74, 6) is -1.19. The van der Waals surface area contributed by atoms with Crippen molar-refractivity contribution >= 4 is 5.78 Å². The third-order valence-corrected chi connectivity index (χ3v) is 1.87. The largest absolute Gasteiger partial charge is 0.329 e. The summed E-state index contributed by atoms with van der Waals surface area (Å²) in [6.45, 7) is 0. The zero-order valence-electron chi connectivity index (χ0n) is 6.41. The summed E-state index contributed by atoms with van der Waals surface area (Å²) in [4.78, 5) is 34.0. The highest BCUT2D eigenvalue weighted by atomic mass is 19.1. The predicted octanol–water partition coefficient (Wildman–Crippen LogP) is -0.810. The van der Waals surface area contributed by atoms with E-state index >= 15 is 0 Å². The second kappa shape index (κ2) is 2.38. The molecule has 0 aromatic carbocycles. The van der Waals surface area contributed by atoms with Crippen molar-refractivity contribution in [1.82, 2.24) is 9.55 Å². The quantitative estimate of drug-likeness (QED) is 0.620. The van der Waals surface area contributed by atoms with Crippen LogP contribution in [-0.4, -0.2) is 15.3 Å². The maximum Gasteiger partial charge on any atom is 0.329 e. The standard InChI is InChI=1S/C7H5FN2O3/c8-3-2-10(4-1-5(4)11)7(13)9-6(3)12/h2,4H,1H2,(H,9,12,13). The van der Waals surface area contributed by atoms with Crippen LogP contribution in [-0.2, 0) is 4.79 Å². The molecule has 68 valence electrons. The Labute approximate surface area is 70.8 Å². The van der Waals surface area contributed by atoms with Crippen molar-refractivity contribution in [2.24, 2.45) is 0 Å². The van der Waals surface area contributed by atoms with Gasteiger partial charge in [0.05, 0.1) is 6.20 Å². The van der Waals surface area contributed by atoms with Crippen molar-refractivity contribution in [2.45, 2.75) is 12.5 Å². The van der Waals surface area contributed by atoms with E-state index in [-0.39, 0.29) is 12.2 Å². The van der Waals surface area contributed by atoms with E-state index in [2.05, 4.69) is 0 Å². The Bertz CT molecular complexity index is 487. The lowest BCUT2D eigenvalue weighted by atomic mass is 10.5. The molecule has 6 heteroatoms. The van der Waals surface area contributed by atoms with Gasteiger partial charge in [0.2, 0.25) is 5.82 Å². The molecule has 1 aliphatic rings. The molecular formula is C7H5FN2O3. The molecule has 0 amide bonds. The maximum atomic E-state index is 12.7. The number of aromatic amines is 1. The number of hydrogen-bond donors (Lipinski definition) is 1. The first-order valence-electron chi connectivity index (χ1n) is 3.63. The highest BCUT2D eigenvalue weighted by Crippen LogP contribution is 2.27. The molecule has 1 aromatic rings. The lowest BCUT2D eigenvalue weighted by Gasteiger charge is -1.98. The third kappa shape index (κ3) is 1.20. The fraction of sp³-hybridized carbons (Fsp3) is 0.286. The van der Waals surface area contributed by atoms with E-state index in [9.17, 15) is 18.8 Å². The van der Waals surface area contributed by atoms with Crippen LogP contribution in [0.3, 0.4) is 0 Å². The lowest BCUT2D eigenvalue weighted by molar-refractivity contribution is -0.110. The highest BCUT2D eigenvalue weighted by Gasteiger charge is 2.37. The summed E-state index contributed by atoms with van der Waals surface area (Å²) in [6.07, 6.45) is 0.988. The Hall–Kier alpha value is -1.72. The summed E-state index contributed by atoms with van der Waals surface area (Å²) in [5, 5.41) is 0. The Kier molecular flexibility index (Phi) is 1.45. The summed E-state index contributed by atoms with van der Waals surface area (Å²) < 4.78 is 13.6. The summed E-state index contributed by atoms with van der Waals surface area (Å²) in [5.41, 5.74) is -1.81. The molecule has 0 bridgehead atoms. The number of hydrogen-bond acceptors (Lipinski definition) is 3. The first-order valence-corrected chi connectivity index (χ1v) is 3.63. The van der Waals surface area contributed by atoms with E-state index in [4.69, 9.17) is 0 Å². The fourth-order valence-electron chi connectivity index (χ4n) is 1.08. The Morgan fingerprint density at radius 1 is 1.46 bits per heavy atom. The monoisotopic (exact) mass is 184 g/mol. The second-order valence-electron chi connectivity index (χ2n) is 2.83. The van der Waals surface area contributed by atoms with Crippen LogP contribution in [0.4, 0.5) is 4.39 Å². The number of nitrogens with zero attached hydrogens (tertiary/aromatic N) is 1. The van der Waals surface area contributed by atoms with Gasteiger partial charge in [0, 0.05) is 6.42 Å². The Morgan fingerprint density at radius 2 is 2.08 bits per heavy atom. The van der Waals surface area contributed by atoms with E-state index in [1.165, 1.54) is 0 Å². The molecule has 0 saturated heterocycles. The van der Waals surface area contributed by atoms with Crippen LogP contribution in [0.25, 0.3) is 0 Å². The van der Waals surface area contributed by atoms with Crippen molar-refractivity contribution in [3.63, 3.8) is 0 Å². The molecule has 13 heavy (non-hydrogen) atoms. The SMILES string of the molecule is O=C1CC1n1cc(F)c(=O)[nH]c1=O. The van der Waals surface area contributed by atoms with Crippen LogP contribution < -0.4 is 11.2 Å². The summed E-state index contributed by atoms with van der Waals surface area (Å²) >= 11 is 0. The van der Waals surface area contributed by atoms with E-state index in [1.54, 1.807) is 4.98 Å². The fourth-order valence-corrected chi connectivity index (χ4v) is 1.08. The molecule has 1 atom stereocenters. The molecule has 1 unspecified atom stereocenters. The molecule has 1 N–H and O–H groups in total. The summed E-state index contributed by atoms with van der Waals surface area (Å²) in [7, 11) is 0. The molecule has 2 rings (SSSR count). The molecule has 1 aromatic heterocycles. The van der Waals surface area contributed by atoms with Gasteiger partial charge in [-0.2, -0.15) is 4.39 Å². The van der Waals surface area contributed by atoms with Gasteiger partial charge in [0.25, 0.3) is 5.56 Å². The average Bonchev–Trinajstić information content (AvgIpc) is 2.75. The molecule has 1 saturated carbocycles. The van der Waals surface area contributed by atoms with Crippen LogP contribution >= 0.6 is 0 Å². The molecule has 1 fully saturated rings. The van der Waals surface area contributed by atoms with Gasteiger partial charge in [-0.1, -0.05) is 0 Å². The number of aromatic nitrogens is 2. The third-order valence-electron chi connectivity index (χ3n) is 1.87. The van der Waals surface area contributed by atoms with Crippen LogP contribution in [0.5, 0.6) is 0 Å². The van der Waals surface area contributed by atoms with Crippen molar-refractivity contribution in [1.29, 1.82) is 0 Å². The van der Waals surface area contributed by atoms with Crippen LogP contribution in [0.2, 0.25) is 0 Å². The Morgan fingerprint density at radius 3 is 2.62 bits per heavy atom. The van der Waals surface area contributed by atoms with E-state index in [1.807, 2.05) is 0 Å². The van der Waals surface area contributed by atoms with Gasteiger partial charge in [-0.25, -0.2) is 4.79 Å². The normalized spacial score (nSPS) is 20.4. The molecular weight excluding hydrogens is 179 g/mol. The smallest absolute Gasteiger partial charge is 0.297 e. The van der Waals surface area contributed by atoms with Gasteiger partial charge in [0.15, 0.2) is 5.78 Å². The Balaban J connectivity index is 2.59. The first kappa shape index (κ1) is 7.90. The van der Waals surface area contributed by atoms with Gasteiger partial charge >= 0.3 is 5.69 Å². The number of nitrogens with one attached hydrogen (secondary N) is 1. The van der Waals surface area contributed by atoms with Crippen LogP contribution in [0.15, 0.2) is 15.8 Å². The zero-order valence-corrected chi connectivity index (χ0v) is 6.41. The van der Waals surface area contributed by atoms with Crippen molar-refractivity contribution in [3.05, 3.63) is 32.9 Å². The van der Waals surface area contributed by atoms with Gasteiger partial charge < -0.3 is 0 Å². The van der Waals surface area contributed by atoms with E-state index in [0.29, 0.717) is 0 Å². The molecule has 0 spiro atoms. The van der Waals surface area contributed by atoms with Crippen molar-refractivity contribution in [2.75, 3.05) is 0 Å². The lowest BCUT2D eigenvalue weighted by Crippen LogP contribution is -2.31. The van der Waals surface area contributed by atoms with Gasteiger partial charge in [-0.15, -0.1) is 0 Å². The van der Waals surface area contributed by atoms with Crippen LogP contribution in [0.1, 0.15) is 12.5 Å². The number of rotatable bonds is 1. The molecule has 1 aliphatic carbocycles. The zero-order chi connectivity index (χ0) is 9.59. The maximum absolute atomic E-state index is 12.7. The van der Waals surface area contributed by atoms with Crippen molar-refractivity contribution in [3.8, 4) is 0 Å². The van der Waals surface area contributed by atoms with Gasteiger partial charge in [0.1, 0.15) is 6.04 Å². The van der Waals surface area contributed by atoms with Gasteiger partial charge in [-0.3, -0.25) is 19.1 Å². The minimum absolute atomic E-state index is 0.131. The van der Waals surface area contributed by atoms with Gasteiger partial charge in [-0.05, 0) is 0 Å². The summed E-state index contributed by atoms with van der Waals surface area (Å²) in [6, 6.07) is -0.584. The average molecular weight is 184 g/mol. The first-order chi connectivity index (χ1) is 6.09. The molecule has 5 nitrogen and oxygen atoms in total. The molecule has 0 aliphatic heterocycles. The predicted molar refractivity (Wildman–Crippen MR) is 39.9 cm³/mol. The number of ketones is 1. The number of Topliss-reactive ketones (excluding diaryl/α,β-unsaturated/α-hetero) is 1. The number of H-pyrrole nitrogens is 1. The second-order valence-corrected chi connectivity index (χ2v) is 2.83. The van der Waals surface area contributed by atoms with Crippen LogP contribution in [0, 0.1) is 5.82 Å². The minimum Gasteiger partial charge on any atom is -0.297 e. The molecule has 0 radical (unpaired) electrons. The van der Waals surface area contributed by atoms with E-state index in [0.717, 1.165) is 10.8 Å². The molecule has 1 heterocycles. The number of carbonyl (C=O) groups is 1. The highest BCUT2D eigenvalue weighted by molar-refractivity contribution is 5.97. The number of halogens is 1. The van der Waals surface area contributed by atoms with E-state index < -0.39 is 23.1 Å². The number of carbonyl (C=O) groups excluding carboxylic acids is 1.